The molecule has 5 heteroatoms. The van der Waals surface area contributed by atoms with Gasteiger partial charge in [-0.2, -0.15) is 0 Å². The van der Waals surface area contributed by atoms with Gasteiger partial charge in [-0.25, -0.2) is 9.97 Å². The SMILES string of the molecule is OCc1cncnc1Nc1ccccc1Br. The number of nitrogens with zero attached hydrogens (tertiary/aromatic N) is 2. The molecule has 0 aliphatic rings. The molecule has 0 unspecified atom stereocenters. The molecule has 0 spiro atoms. The first-order chi connectivity index (χ1) is 7.81. The van der Waals surface area contributed by atoms with E-state index in [0.717, 1.165) is 10.2 Å². The topological polar surface area (TPSA) is 58.0 Å². The van der Waals surface area contributed by atoms with E-state index in [9.17, 15) is 0 Å². The monoisotopic (exact) mass is 279 g/mol. The lowest BCUT2D eigenvalue weighted by molar-refractivity contribution is 0.281. The quantitative estimate of drug-likeness (QED) is 0.906. The van der Waals surface area contributed by atoms with Gasteiger partial charge in [0.2, 0.25) is 0 Å². The van der Waals surface area contributed by atoms with Crippen molar-refractivity contribution in [2.75, 3.05) is 5.32 Å². The summed E-state index contributed by atoms with van der Waals surface area (Å²) in [5.41, 5.74) is 1.56. The molecule has 0 radical (unpaired) electrons. The summed E-state index contributed by atoms with van der Waals surface area (Å²) in [6, 6.07) is 7.71. The Balaban J connectivity index is 2.30. The number of para-hydroxylation sites is 1. The maximum atomic E-state index is 9.13. The van der Waals surface area contributed by atoms with Crippen molar-refractivity contribution in [3.05, 3.63) is 46.8 Å². The highest BCUT2D eigenvalue weighted by atomic mass is 79.9. The molecule has 0 atom stereocenters. The van der Waals surface area contributed by atoms with Crippen molar-refractivity contribution in [1.29, 1.82) is 0 Å². The molecule has 0 saturated carbocycles. The predicted octanol–water partition coefficient (Wildman–Crippen LogP) is 2.48. The van der Waals surface area contributed by atoms with E-state index in [1.165, 1.54) is 6.33 Å². The van der Waals surface area contributed by atoms with Crippen molar-refractivity contribution in [2.45, 2.75) is 6.61 Å². The molecule has 1 heterocycles. The summed E-state index contributed by atoms with van der Waals surface area (Å²) in [7, 11) is 0. The third-order valence-corrected chi connectivity index (χ3v) is 2.78. The third kappa shape index (κ3) is 2.37. The van der Waals surface area contributed by atoms with Crippen molar-refractivity contribution in [1.82, 2.24) is 9.97 Å². The zero-order valence-electron chi connectivity index (χ0n) is 8.39. The molecule has 2 N–H and O–H groups in total. The van der Waals surface area contributed by atoms with Gasteiger partial charge in [0.05, 0.1) is 12.3 Å². The number of hydrogen-bond acceptors (Lipinski definition) is 4. The summed E-state index contributed by atoms with van der Waals surface area (Å²) in [5, 5.41) is 12.3. The summed E-state index contributed by atoms with van der Waals surface area (Å²) in [6.45, 7) is -0.0897. The van der Waals surface area contributed by atoms with Crippen molar-refractivity contribution in [2.24, 2.45) is 0 Å². The largest absolute Gasteiger partial charge is 0.391 e. The van der Waals surface area contributed by atoms with Gasteiger partial charge in [-0.3, -0.25) is 0 Å². The zero-order valence-corrected chi connectivity index (χ0v) is 9.98. The van der Waals surface area contributed by atoms with Crippen molar-refractivity contribution in [3.8, 4) is 0 Å². The molecule has 2 aromatic rings. The van der Waals surface area contributed by atoms with Crippen LogP contribution in [0.1, 0.15) is 5.56 Å². The lowest BCUT2D eigenvalue weighted by atomic mass is 10.3. The van der Waals surface area contributed by atoms with Crippen LogP contribution in [0, 0.1) is 0 Å². The molecule has 0 bridgehead atoms. The van der Waals surface area contributed by atoms with Crippen LogP contribution in [0.2, 0.25) is 0 Å². The van der Waals surface area contributed by atoms with Crippen LogP contribution in [0.3, 0.4) is 0 Å². The number of aromatic nitrogens is 2. The number of hydrogen-bond donors (Lipinski definition) is 2. The van der Waals surface area contributed by atoms with Crippen LogP contribution in [0.4, 0.5) is 11.5 Å². The minimum Gasteiger partial charge on any atom is -0.391 e. The molecule has 0 fully saturated rings. The molecular weight excluding hydrogens is 270 g/mol. The highest BCUT2D eigenvalue weighted by Gasteiger charge is 2.04. The average molecular weight is 280 g/mol. The van der Waals surface area contributed by atoms with Crippen molar-refractivity contribution in [3.63, 3.8) is 0 Å². The lowest BCUT2D eigenvalue weighted by Crippen LogP contribution is -2.00. The Morgan fingerprint density at radius 3 is 2.88 bits per heavy atom. The first-order valence-corrected chi connectivity index (χ1v) is 5.52. The van der Waals surface area contributed by atoms with Crippen LogP contribution in [0.5, 0.6) is 0 Å². The van der Waals surface area contributed by atoms with E-state index < -0.39 is 0 Å². The number of rotatable bonds is 3. The number of benzene rings is 1. The first kappa shape index (κ1) is 11.0. The Bertz CT molecular complexity index is 490. The van der Waals surface area contributed by atoms with Gasteiger partial charge in [0.15, 0.2) is 0 Å². The molecule has 0 aliphatic carbocycles. The second kappa shape index (κ2) is 5.05. The van der Waals surface area contributed by atoms with E-state index in [1.807, 2.05) is 24.3 Å². The Hall–Kier alpha value is -1.46. The minimum atomic E-state index is -0.0897. The van der Waals surface area contributed by atoms with Gasteiger partial charge < -0.3 is 10.4 Å². The highest BCUT2D eigenvalue weighted by molar-refractivity contribution is 9.10. The normalized spacial score (nSPS) is 10.1. The van der Waals surface area contributed by atoms with Gasteiger partial charge in [0.1, 0.15) is 12.1 Å². The standard InChI is InChI=1S/C11H10BrN3O/c12-9-3-1-2-4-10(9)15-11-8(6-16)5-13-7-14-11/h1-5,7,16H,6H2,(H,13,14,15). The lowest BCUT2D eigenvalue weighted by Gasteiger charge is -2.09. The molecule has 2 rings (SSSR count). The Morgan fingerprint density at radius 1 is 1.31 bits per heavy atom. The fourth-order valence-electron chi connectivity index (χ4n) is 1.28. The third-order valence-electron chi connectivity index (χ3n) is 2.09. The van der Waals surface area contributed by atoms with E-state index in [-0.39, 0.29) is 6.61 Å². The van der Waals surface area contributed by atoms with Gasteiger partial charge in [0, 0.05) is 16.2 Å². The van der Waals surface area contributed by atoms with Crippen molar-refractivity contribution < 1.29 is 5.11 Å². The van der Waals surface area contributed by atoms with Crippen LogP contribution in [-0.2, 0) is 6.61 Å². The highest BCUT2D eigenvalue weighted by Crippen LogP contribution is 2.25. The molecule has 82 valence electrons. The molecule has 0 aliphatic heterocycles. The van der Waals surface area contributed by atoms with Gasteiger partial charge in [-0.1, -0.05) is 12.1 Å². The number of nitrogens with one attached hydrogen (secondary N) is 1. The molecule has 16 heavy (non-hydrogen) atoms. The number of aliphatic hydroxyl groups is 1. The molecule has 4 nitrogen and oxygen atoms in total. The average Bonchev–Trinajstić information content (AvgIpc) is 2.33. The first-order valence-electron chi connectivity index (χ1n) is 4.72. The van der Waals surface area contributed by atoms with E-state index in [0.29, 0.717) is 11.4 Å². The fourth-order valence-corrected chi connectivity index (χ4v) is 1.66. The van der Waals surface area contributed by atoms with Gasteiger partial charge >= 0.3 is 0 Å². The van der Waals surface area contributed by atoms with E-state index in [2.05, 4.69) is 31.2 Å². The van der Waals surface area contributed by atoms with E-state index in [1.54, 1.807) is 6.20 Å². The van der Waals surface area contributed by atoms with Crippen molar-refractivity contribution >= 4 is 27.4 Å². The fraction of sp³-hybridized carbons (Fsp3) is 0.0909. The molecule has 1 aromatic carbocycles. The second-order valence-corrected chi connectivity index (χ2v) is 4.01. The maximum Gasteiger partial charge on any atom is 0.139 e. The molecule has 0 saturated heterocycles. The number of aliphatic hydroxyl groups excluding tert-OH is 1. The maximum absolute atomic E-state index is 9.13. The summed E-state index contributed by atoms with van der Waals surface area (Å²) < 4.78 is 0.942. The molecular formula is C11H10BrN3O. The Morgan fingerprint density at radius 2 is 2.12 bits per heavy atom. The van der Waals surface area contributed by atoms with Crippen LogP contribution < -0.4 is 5.32 Å². The minimum absolute atomic E-state index is 0.0897. The Kier molecular flexibility index (Phi) is 3.48. The smallest absolute Gasteiger partial charge is 0.139 e. The summed E-state index contributed by atoms with van der Waals surface area (Å²) in [4.78, 5) is 7.94. The summed E-state index contributed by atoms with van der Waals surface area (Å²) >= 11 is 3.43. The van der Waals surface area contributed by atoms with Gasteiger partial charge in [-0.15, -0.1) is 0 Å². The molecule has 0 amide bonds. The van der Waals surface area contributed by atoms with Crippen LogP contribution in [-0.4, -0.2) is 15.1 Å². The van der Waals surface area contributed by atoms with E-state index >= 15 is 0 Å². The summed E-state index contributed by atoms with van der Waals surface area (Å²) in [5.74, 6) is 0.615. The van der Waals surface area contributed by atoms with Gasteiger partial charge in [-0.05, 0) is 28.1 Å². The predicted molar refractivity (Wildman–Crippen MR) is 65.4 cm³/mol. The Labute approximate surface area is 102 Å². The van der Waals surface area contributed by atoms with Gasteiger partial charge in [0.25, 0.3) is 0 Å². The van der Waals surface area contributed by atoms with Crippen LogP contribution >= 0.6 is 15.9 Å². The number of anilines is 2. The van der Waals surface area contributed by atoms with Crippen LogP contribution in [0.25, 0.3) is 0 Å². The second-order valence-electron chi connectivity index (χ2n) is 3.16. The summed E-state index contributed by atoms with van der Waals surface area (Å²) in [6.07, 6.45) is 3.03. The zero-order chi connectivity index (χ0) is 11.4. The van der Waals surface area contributed by atoms with E-state index in [4.69, 9.17) is 5.11 Å². The van der Waals surface area contributed by atoms with Crippen LogP contribution in [0.15, 0.2) is 41.3 Å². The number of halogens is 1. The molecule has 1 aromatic heterocycles.